The maximum absolute atomic E-state index is 11.6. The summed E-state index contributed by atoms with van der Waals surface area (Å²) in [4.78, 5) is 13.2. The quantitative estimate of drug-likeness (QED) is 0.687. The van der Waals surface area contributed by atoms with Crippen molar-refractivity contribution < 1.29 is 13.7 Å². The average molecular weight is 233 g/mol. The first-order valence-corrected chi connectivity index (χ1v) is 6.66. The second kappa shape index (κ2) is 4.12. The molecule has 1 amide bonds. The Labute approximate surface area is 93.4 Å². The van der Waals surface area contributed by atoms with E-state index in [-0.39, 0.29) is 17.4 Å². The van der Waals surface area contributed by atoms with Crippen molar-refractivity contribution in [3.63, 3.8) is 0 Å². The molecule has 3 atom stereocenters. The van der Waals surface area contributed by atoms with Crippen molar-refractivity contribution >= 4 is 16.9 Å². The van der Waals surface area contributed by atoms with E-state index in [1.165, 1.54) is 0 Å². The van der Waals surface area contributed by atoms with Crippen LogP contribution < -0.4 is 0 Å². The molecule has 5 heteroatoms. The summed E-state index contributed by atoms with van der Waals surface area (Å²) in [5.41, 5.74) is -0.465. The van der Waals surface area contributed by atoms with Gasteiger partial charge in [0.2, 0.25) is 0 Å². The lowest BCUT2D eigenvalue weighted by molar-refractivity contribution is 0.0000914. The van der Waals surface area contributed by atoms with Gasteiger partial charge in [-0.2, -0.15) is 0 Å². The minimum absolute atomic E-state index is 0.0192. The topological polar surface area (TPSA) is 46.6 Å². The normalized spacial score (nSPS) is 28.2. The van der Waals surface area contributed by atoms with Gasteiger partial charge < -0.3 is 9.64 Å². The van der Waals surface area contributed by atoms with Crippen molar-refractivity contribution in [3.05, 3.63) is 0 Å². The van der Waals surface area contributed by atoms with Crippen molar-refractivity contribution in [2.75, 3.05) is 12.8 Å². The number of hydrogen-bond donors (Lipinski definition) is 0. The zero-order valence-corrected chi connectivity index (χ0v) is 10.8. The fourth-order valence-corrected chi connectivity index (χ4v) is 2.59. The molecule has 1 saturated heterocycles. The van der Waals surface area contributed by atoms with Crippen molar-refractivity contribution in [2.45, 2.75) is 44.6 Å². The lowest BCUT2D eigenvalue weighted by Crippen LogP contribution is -2.62. The van der Waals surface area contributed by atoms with E-state index in [1.807, 2.05) is 27.7 Å². The Morgan fingerprint density at radius 2 is 2.00 bits per heavy atom. The monoisotopic (exact) mass is 233 g/mol. The minimum atomic E-state index is -0.863. The lowest BCUT2D eigenvalue weighted by Gasteiger charge is -2.45. The standard InChI is InChI=1S/C10H19NO3S/c1-7-8(15(5)13)6-11(7)9(12)14-10(2,3)4/h7-8H,6H2,1-5H3. The first-order chi connectivity index (χ1) is 6.72. The number of ether oxygens (including phenoxy) is 1. The van der Waals surface area contributed by atoms with E-state index in [1.54, 1.807) is 11.2 Å². The van der Waals surface area contributed by atoms with Crippen molar-refractivity contribution in [1.29, 1.82) is 0 Å². The molecule has 1 aliphatic heterocycles. The van der Waals surface area contributed by atoms with Crippen LogP contribution in [0.2, 0.25) is 0 Å². The number of carbonyl (C=O) groups excluding carboxylic acids is 1. The molecular weight excluding hydrogens is 214 g/mol. The molecule has 3 unspecified atom stereocenters. The second-order valence-electron chi connectivity index (χ2n) is 4.91. The number of hydrogen-bond acceptors (Lipinski definition) is 3. The largest absolute Gasteiger partial charge is 0.444 e. The molecule has 4 nitrogen and oxygen atoms in total. The van der Waals surface area contributed by atoms with Crippen LogP contribution in [0.25, 0.3) is 0 Å². The summed E-state index contributed by atoms with van der Waals surface area (Å²) in [6, 6.07) is 0.0192. The number of amides is 1. The van der Waals surface area contributed by atoms with Gasteiger partial charge in [-0.1, -0.05) is 0 Å². The Balaban J connectivity index is 2.49. The summed E-state index contributed by atoms with van der Waals surface area (Å²) < 4.78 is 16.5. The Hall–Kier alpha value is -0.580. The molecule has 1 fully saturated rings. The molecule has 0 aromatic rings. The van der Waals surface area contributed by atoms with Gasteiger partial charge in [-0.05, 0) is 27.7 Å². The molecule has 15 heavy (non-hydrogen) atoms. The van der Waals surface area contributed by atoms with Crippen LogP contribution in [0.3, 0.4) is 0 Å². The van der Waals surface area contributed by atoms with Gasteiger partial charge >= 0.3 is 6.09 Å². The fourth-order valence-electron chi connectivity index (χ4n) is 1.52. The number of carbonyl (C=O) groups is 1. The van der Waals surface area contributed by atoms with Gasteiger partial charge in [0.05, 0.1) is 5.25 Å². The molecule has 1 rings (SSSR count). The zero-order valence-electron chi connectivity index (χ0n) is 9.94. The highest BCUT2D eigenvalue weighted by Crippen LogP contribution is 2.24. The lowest BCUT2D eigenvalue weighted by atomic mass is 10.1. The third-order valence-corrected chi connectivity index (χ3v) is 3.86. The van der Waals surface area contributed by atoms with Crippen LogP contribution in [0.5, 0.6) is 0 Å². The van der Waals surface area contributed by atoms with Crippen molar-refractivity contribution in [3.8, 4) is 0 Å². The van der Waals surface area contributed by atoms with Crippen molar-refractivity contribution in [1.82, 2.24) is 4.90 Å². The Bertz CT molecular complexity index is 285. The van der Waals surface area contributed by atoms with Crippen LogP contribution in [0.15, 0.2) is 0 Å². The summed E-state index contributed by atoms with van der Waals surface area (Å²) in [7, 11) is -0.863. The van der Waals surface area contributed by atoms with Crippen LogP contribution in [0.4, 0.5) is 4.79 Å². The summed E-state index contributed by atoms with van der Waals surface area (Å²) >= 11 is 0. The molecule has 0 aliphatic carbocycles. The molecular formula is C10H19NO3S. The summed E-state index contributed by atoms with van der Waals surface area (Å²) in [5, 5.41) is 0.0949. The third-order valence-electron chi connectivity index (χ3n) is 2.46. The van der Waals surface area contributed by atoms with E-state index in [4.69, 9.17) is 4.74 Å². The highest BCUT2D eigenvalue weighted by Gasteiger charge is 2.42. The van der Waals surface area contributed by atoms with Gasteiger partial charge in [-0.3, -0.25) is 4.21 Å². The van der Waals surface area contributed by atoms with E-state index < -0.39 is 16.4 Å². The van der Waals surface area contributed by atoms with Crippen molar-refractivity contribution in [2.24, 2.45) is 0 Å². The van der Waals surface area contributed by atoms with E-state index >= 15 is 0 Å². The van der Waals surface area contributed by atoms with Gasteiger partial charge in [-0.15, -0.1) is 0 Å². The maximum atomic E-state index is 11.6. The average Bonchev–Trinajstić information content (AvgIpc) is 1.97. The van der Waals surface area contributed by atoms with Crippen LogP contribution in [-0.4, -0.2) is 44.9 Å². The number of likely N-dealkylation sites (tertiary alicyclic amines) is 1. The number of nitrogens with zero attached hydrogens (tertiary/aromatic N) is 1. The molecule has 88 valence electrons. The fraction of sp³-hybridized carbons (Fsp3) is 0.900. The molecule has 1 aliphatic rings. The Morgan fingerprint density at radius 1 is 1.47 bits per heavy atom. The molecule has 0 aromatic carbocycles. The van der Waals surface area contributed by atoms with Gasteiger partial charge in [0.15, 0.2) is 0 Å². The summed E-state index contributed by atoms with van der Waals surface area (Å²) in [5.74, 6) is 0. The summed E-state index contributed by atoms with van der Waals surface area (Å²) in [6.45, 7) is 7.96. The molecule has 0 radical (unpaired) electrons. The van der Waals surface area contributed by atoms with E-state index in [0.29, 0.717) is 6.54 Å². The molecule has 0 bridgehead atoms. The predicted octanol–water partition coefficient (Wildman–Crippen LogP) is 1.37. The Kier molecular flexibility index (Phi) is 3.43. The summed E-state index contributed by atoms with van der Waals surface area (Å²) in [6.07, 6.45) is 1.37. The van der Waals surface area contributed by atoms with Crippen LogP contribution in [0.1, 0.15) is 27.7 Å². The maximum Gasteiger partial charge on any atom is 0.410 e. The minimum Gasteiger partial charge on any atom is -0.444 e. The van der Waals surface area contributed by atoms with E-state index in [2.05, 4.69) is 0 Å². The number of rotatable bonds is 1. The second-order valence-corrected chi connectivity index (χ2v) is 6.51. The van der Waals surface area contributed by atoms with E-state index in [0.717, 1.165) is 0 Å². The van der Waals surface area contributed by atoms with Gasteiger partial charge in [0.1, 0.15) is 5.60 Å². The van der Waals surface area contributed by atoms with Gasteiger partial charge in [-0.25, -0.2) is 4.79 Å². The first kappa shape index (κ1) is 12.5. The molecule has 0 N–H and O–H groups in total. The molecule has 0 saturated carbocycles. The molecule has 0 aromatic heterocycles. The first-order valence-electron chi connectivity index (χ1n) is 5.04. The Morgan fingerprint density at radius 3 is 2.33 bits per heavy atom. The zero-order chi connectivity index (χ0) is 11.8. The highest BCUT2D eigenvalue weighted by molar-refractivity contribution is 7.85. The van der Waals surface area contributed by atoms with E-state index in [9.17, 15) is 9.00 Å². The SMILES string of the molecule is CC1C(S(C)=O)CN1C(=O)OC(C)(C)C. The molecule has 1 heterocycles. The van der Waals surface area contributed by atoms with Crippen LogP contribution in [-0.2, 0) is 15.5 Å². The predicted molar refractivity (Wildman–Crippen MR) is 60.3 cm³/mol. The van der Waals surface area contributed by atoms with Gasteiger partial charge in [0.25, 0.3) is 0 Å². The molecule has 0 spiro atoms. The smallest absolute Gasteiger partial charge is 0.410 e. The third kappa shape index (κ3) is 2.93. The van der Waals surface area contributed by atoms with Gasteiger partial charge in [0, 0.05) is 29.6 Å². The van der Waals surface area contributed by atoms with Crippen LogP contribution in [0, 0.1) is 0 Å². The highest BCUT2D eigenvalue weighted by atomic mass is 32.2. The van der Waals surface area contributed by atoms with Crippen LogP contribution >= 0.6 is 0 Å².